The normalized spacial score (nSPS) is 11.4. The molecule has 0 aliphatic rings. The van der Waals surface area contributed by atoms with Gasteiger partial charge in [0.2, 0.25) is 0 Å². The van der Waals surface area contributed by atoms with Gasteiger partial charge in [-0.25, -0.2) is 9.67 Å². The second-order valence-electron chi connectivity index (χ2n) is 8.38. The number of hydrogen-bond acceptors (Lipinski definition) is 6. The Morgan fingerprint density at radius 2 is 1.75 bits per heavy atom. The summed E-state index contributed by atoms with van der Waals surface area (Å²) in [4.78, 5) is 28.7. The Morgan fingerprint density at radius 1 is 1.00 bits per heavy atom. The molecule has 0 radical (unpaired) electrons. The van der Waals surface area contributed by atoms with E-state index in [1.54, 1.807) is 18.3 Å². The van der Waals surface area contributed by atoms with Crippen LogP contribution < -0.4 is 5.32 Å². The molecule has 36 heavy (non-hydrogen) atoms. The van der Waals surface area contributed by atoms with Gasteiger partial charge in [0.25, 0.3) is 11.6 Å². The molecule has 1 amide bonds. The average Bonchev–Trinajstić information content (AvgIpc) is 3.52. The van der Waals surface area contributed by atoms with Crippen LogP contribution in [0.25, 0.3) is 33.0 Å². The zero-order valence-corrected chi connectivity index (χ0v) is 19.1. The number of rotatable bonds is 5. The van der Waals surface area contributed by atoms with Crippen LogP contribution in [0.3, 0.4) is 0 Å². The lowest BCUT2D eigenvalue weighted by atomic mass is 10.1. The molecule has 10 nitrogen and oxygen atoms in total. The van der Waals surface area contributed by atoms with E-state index < -0.39 is 4.92 Å². The highest BCUT2D eigenvalue weighted by Crippen LogP contribution is 2.31. The van der Waals surface area contributed by atoms with E-state index in [0.717, 1.165) is 27.3 Å². The van der Waals surface area contributed by atoms with Crippen molar-refractivity contribution in [2.45, 2.75) is 13.5 Å². The van der Waals surface area contributed by atoms with Crippen molar-refractivity contribution in [3.63, 3.8) is 0 Å². The van der Waals surface area contributed by atoms with E-state index in [9.17, 15) is 14.9 Å². The zero-order chi connectivity index (χ0) is 24.8. The number of benzene rings is 3. The molecule has 6 aromatic rings. The molecule has 0 saturated heterocycles. The van der Waals surface area contributed by atoms with E-state index in [-0.39, 0.29) is 18.1 Å². The maximum absolute atomic E-state index is 13.4. The lowest BCUT2D eigenvalue weighted by Gasteiger charge is -2.10. The lowest BCUT2D eigenvalue weighted by molar-refractivity contribution is -0.384. The molecule has 0 bridgehead atoms. The molecule has 10 heteroatoms. The standard InChI is InChI=1S/C26H19N7O3/c1-16-24(32-23-12-5-4-10-21(23)20-9-2-3-11-22(20)25(32)28-16)26(34)27-14-17-15-31(30-29-17)18-7-6-8-19(13-18)33(35)36/h2-13,15H,14H2,1H3,(H,27,34). The Balaban J connectivity index is 1.34. The summed E-state index contributed by atoms with van der Waals surface area (Å²) in [6.45, 7) is 1.95. The lowest BCUT2D eigenvalue weighted by Crippen LogP contribution is -2.25. The smallest absolute Gasteiger partial charge is 0.271 e. The molecule has 3 aromatic heterocycles. The first kappa shape index (κ1) is 21.4. The van der Waals surface area contributed by atoms with Crippen LogP contribution in [0.5, 0.6) is 0 Å². The number of non-ortho nitro benzene ring substituents is 1. The van der Waals surface area contributed by atoms with Gasteiger partial charge in [-0.3, -0.25) is 19.3 Å². The van der Waals surface area contributed by atoms with Crippen molar-refractivity contribution < 1.29 is 9.72 Å². The number of pyridine rings is 1. The second kappa shape index (κ2) is 8.27. The topological polar surface area (TPSA) is 120 Å². The number of nitro benzene ring substituents is 1. The molecule has 0 aliphatic heterocycles. The molecule has 0 unspecified atom stereocenters. The van der Waals surface area contributed by atoms with Crippen LogP contribution in [-0.4, -0.2) is 35.2 Å². The first-order valence-corrected chi connectivity index (χ1v) is 11.2. The van der Waals surface area contributed by atoms with Gasteiger partial charge in [-0.1, -0.05) is 53.7 Å². The third-order valence-electron chi connectivity index (χ3n) is 6.15. The molecular weight excluding hydrogens is 458 g/mol. The number of imidazole rings is 1. The van der Waals surface area contributed by atoms with Gasteiger partial charge >= 0.3 is 0 Å². The maximum atomic E-state index is 13.4. The monoisotopic (exact) mass is 477 g/mol. The summed E-state index contributed by atoms with van der Waals surface area (Å²) in [5, 5.41) is 25.2. The van der Waals surface area contributed by atoms with Gasteiger partial charge in [0.15, 0.2) is 0 Å². The van der Waals surface area contributed by atoms with Crippen LogP contribution in [-0.2, 0) is 6.54 Å². The number of carbonyl (C=O) groups excluding carboxylic acids is 1. The Kier molecular flexibility index (Phi) is 4.92. The molecule has 0 atom stereocenters. The number of amides is 1. The number of carbonyl (C=O) groups is 1. The average molecular weight is 477 g/mol. The fourth-order valence-corrected chi connectivity index (χ4v) is 4.53. The number of nitro groups is 1. The first-order chi connectivity index (χ1) is 17.5. The van der Waals surface area contributed by atoms with Gasteiger partial charge in [-0.15, -0.1) is 5.10 Å². The molecule has 3 heterocycles. The summed E-state index contributed by atoms with van der Waals surface area (Å²) in [5.41, 5.74) is 3.67. The minimum atomic E-state index is -0.466. The Labute approximate surface area is 204 Å². The van der Waals surface area contributed by atoms with E-state index in [0.29, 0.717) is 22.8 Å². The molecule has 0 saturated carbocycles. The highest BCUT2D eigenvalue weighted by molar-refractivity contribution is 6.13. The number of aromatic nitrogens is 5. The summed E-state index contributed by atoms with van der Waals surface area (Å²) in [7, 11) is 0. The Morgan fingerprint density at radius 3 is 2.56 bits per heavy atom. The van der Waals surface area contributed by atoms with Gasteiger partial charge in [-0.2, -0.15) is 0 Å². The van der Waals surface area contributed by atoms with E-state index in [1.807, 2.05) is 53.8 Å². The van der Waals surface area contributed by atoms with E-state index >= 15 is 0 Å². The SMILES string of the molecule is Cc1nc2c3ccccc3c3ccccc3n2c1C(=O)NCc1cn(-c2cccc([N+](=O)[O-])c2)nn1. The fraction of sp³-hybridized carbons (Fsp3) is 0.0769. The second-order valence-corrected chi connectivity index (χ2v) is 8.38. The molecule has 0 spiro atoms. The summed E-state index contributed by atoms with van der Waals surface area (Å²) < 4.78 is 3.34. The van der Waals surface area contributed by atoms with Crippen molar-refractivity contribution in [2.24, 2.45) is 0 Å². The number of para-hydroxylation sites is 1. The first-order valence-electron chi connectivity index (χ1n) is 11.2. The highest BCUT2D eigenvalue weighted by Gasteiger charge is 2.21. The molecule has 0 aliphatic carbocycles. The third-order valence-corrected chi connectivity index (χ3v) is 6.15. The highest BCUT2D eigenvalue weighted by atomic mass is 16.6. The van der Waals surface area contributed by atoms with Crippen LogP contribution in [0.2, 0.25) is 0 Å². The maximum Gasteiger partial charge on any atom is 0.271 e. The van der Waals surface area contributed by atoms with E-state index in [2.05, 4.69) is 21.7 Å². The van der Waals surface area contributed by atoms with Crippen molar-refractivity contribution >= 4 is 38.9 Å². The summed E-state index contributed by atoms with van der Waals surface area (Å²) in [5.74, 6) is -0.287. The van der Waals surface area contributed by atoms with Gasteiger partial charge in [0.05, 0.1) is 34.6 Å². The molecule has 0 fully saturated rings. The fourth-order valence-electron chi connectivity index (χ4n) is 4.53. The zero-order valence-electron chi connectivity index (χ0n) is 19.1. The largest absolute Gasteiger partial charge is 0.345 e. The molecule has 1 N–H and O–H groups in total. The van der Waals surface area contributed by atoms with E-state index in [1.165, 1.54) is 16.8 Å². The van der Waals surface area contributed by atoms with Crippen LogP contribution in [0.1, 0.15) is 21.9 Å². The van der Waals surface area contributed by atoms with Crippen molar-refractivity contribution in [3.8, 4) is 5.69 Å². The van der Waals surface area contributed by atoms with Gasteiger partial charge < -0.3 is 5.32 Å². The molecule has 176 valence electrons. The minimum absolute atomic E-state index is 0.0410. The number of nitrogens with zero attached hydrogens (tertiary/aromatic N) is 6. The van der Waals surface area contributed by atoms with Crippen LogP contribution in [0, 0.1) is 17.0 Å². The summed E-state index contributed by atoms with van der Waals surface area (Å²) in [6, 6.07) is 22.1. The Hall–Kier alpha value is -5.12. The Bertz CT molecular complexity index is 1820. The van der Waals surface area contributed by atoms with Crippen molar-refractivity contribution in [1.29, 1.82) is 0 Å². The third kappa shape index (κ3) is 3.43. The summed E-state index contributed by atoms with van der Waals surface area (Å²) in [6.07, 6.45) is 1.63. The van der Waals surface area contributed by atoms with Gasteiger partial charge in [-0.05, 0) is 24.4 Å². The van der Waals surface area contributed by atoms with Gasteiger partial charge in [0, 0.05) is 22.9 Å². The van der Waals surface area contributed by atoms with Crippen molar-refractivity contribution in [1.82, 2.24) is 29.7 Å². The number of hydrogen-bond donors (Lipinski definition) is 1. The molecular formula is C26H19N7O3. The van der Waals surface area contributed by atoms with Crippen molar-refractivity contribution in [3.05, 3.63) is 106 Å². The van der Waals surface area contributed by atoms with Crippen LogP contribution in [0.15, 0.2) is 79.0 Å². The van der Waals surface area contributed by atoms with Crippen LogP contribution >= 0.6 is 0 Å². The number of fused-ring (bicyclic) bond motifs is 6. The quantitative estimate of drug-likeness (QED) is 0.224. The van der Waals surface area contributed by atoms with E-state index in [4.69, 9.17) is 4.98 Å². The predicted octanol–water partition coefficient (Wildman–Crippen LogP) is 4.37. The predicted molar refractivity (Wildman–Crippen MR) is 134 cm³/mol. The number of nitrogens with one attached hydrogen (secondary N) is 1. The minimum Gasteiger partial charge on any atom is -0.345 e. The van der Waals surface area contributed by atoms with Crippen LogP contribution in [0.4, 0.5) is 5.69 Å². The summed E-state index contributed by atoms with van der Waals surface area (Å²) >= 11 is 0. The van der Waals surface area contributed by atoms with Crippen molar-refractivity contribution in [2.75, 3.05) is 0 Å². The molecule has 6 rings (SSSR count). The molecule has 3 aromatic carbocycles. The van der Waals surface area contributed by atoms with Gasteiger partial charge in [0.1, 0.15) is 17.0 Å². The number of aryl methyl sites for hydroxylation is 1.